The Bertz CT molecular complexity index is 415. The Labute approximate surface area is 221 Å². The molecule has 170 valence electrons. The summed E-state index contributed by atoms with van der Waals surface area (Å²) in [6.07, 6.45) is 7.37. The van der Waals surface area contributed by atoms with Gasteiger partial charge in [0.15, 0.2) is 0 Å². The van der Waals surface area contributed by atoms with Crippen LogP contribution in [0.2, 0.25) is 0 Å². The van der Waals surface area contributed by atoms with E-state index in [0.29, 0.717) is 0 Å². The van der Waals surface area contributed by atoms with E-state index in [-0.39, 0.29) is 56.4 Å². The second-order valence-electron chi connectivity index (χ2n) is 7.97. The zero-order valence-electron chi connectivity index (χ0n) is 15.8. The van der Waals surface area contributed by atoms with Crippen molar-refractivity contribution in [2.45, 2.75) is 108 Å². The first-order valence-electron chi connectivity index (χ1n) is 9.97. The van der Waals surface area contributed by atoms with E-state index in [0.717, 1.165) is 51.4 Å². The second-order valence-corrected chi connectivity index (χ2v) is 14.0. The molecule has 0 spiro atoms. The van der Waals surface area contributed by atoms with Gasteiger partial charge in [0, 0.05) is 32.3 Å². The van der Waals surface area contributed by atoms with Crippen molar-refractivity contribution >= 4 is 88.2 Å². The second kappa shape index (κ2) is 14.4. The van der Waals surface area contributed by atoms with Crippen LogP contribution in [0.3, 0.4) is 0 Å². The first-order valence-corrected chi connectivity index (χ1v) is 16.9. The zero-order valence-corrected chi connectivity index (χ0v) is 23.5. The molecular weight excluding hydrogens is 576 g/mol. The molecule has 0 aromatic heterocycles. The monoisotopic (exact) mass is 598 g/mol. The van der Waals surface area contributed by atoms with E-state index in [1.807, 2.05) is 0 Å². The van der Waals surface area contributed by atoms with Crippen LogP contribution in [-0.2, 0) is 17.0 Å². The first-order chi connectivity index (χ1) is 13.8. The molecule has 3 aliphatic carbocycles. The van der Waals surface area contributed by atoms with Crippen molar-refractivity contribution < 1.29 is 17.0 Å². The quantitative estimate of drug-likeness (QED) is 0.229. The van der Waals surface area contributed by atoms with Crippen LogP contribution in [0.5, 0.6) is 0 Å². The molecule has 11 heteroatoms. The molecule has 0 aromatic carbocycles. The molecule has 3 saturated carbocycles. The molecule has 3 rings (SSSR count). The molecule has 0 saturated heterocycles. The van der Waals surface area contributed by atoms with Gasteiger partial charge in [-0.05, 0) is 25.7 Å². The van der Waals surface area contributed by atoms with Gasteiger partial charge in [-0.1, -0.05) is 25.7 Å². The third-order valence-corrected chi connectivity index (χ3v) is 8.29. The van der Waals surface area contributed by atoms with Crippen LogP contribution >= 0.6 is 88.2 Å². The molecule has 0 aliphatic heterocycles. The van der Waals surface area contributed by atoms with Crippen LogP contribution in [0.25, 0.3) is 10.6 Å². The van der Waals surface area contributed by atoms with Gasteiger partial charge in [0.25, 0.3) is 0 Å². The SMILES string of the molecule is ClC1CC(Cl)C([N-]C2CCCCC2[N-]C2C(Cl)CC(Cl)CC2Cl)C(Cl)C1.[Cl][Ti][Cl]. The van der Waals surface area contributed by atoms with E-state index in [4.69, 9.17) is 98.8 Å². The van der Waals surface area contributed by atoms with Crippen LogP contribution < -0.4 is 0 Å². The fraction of sp³-hybridized carbons (Fsp3) is 1.00. The summed E-state index contributed by atoms with van der Waals surface area (Å²) in [5.41, 5.74) is 0. The van der Waals surface area contributed by atoms with Crippen molar-refractivity contribution in [3.8, 4) is 0 Å². The number of nitrogens with zero attached hydrogens (tertiary/aromatic N) is 2. The van der Waals surface area contributed by atoms with Gasteiger partial charge in [-0.25, -0.2) is 0 Å². The van der Waals surface area contributed by atoms with E-state index in [1.54, 1.807) is 0 Å². The van der Waals surface area contributed by atoms with Crippen molar-refractivity contribution in [3.63, 3.8) is 0 Å². The fourth-order valence-corrected chi connectivity index (χ4v) is 7.54. The summed E-state index contributed by atoms with van der Waals surface area (Å²) in [6, 6.07) is 0.159. The summed E-state index contributed by atoms with van der Waals surface area (Å²) < 4.78 is 0. The Morgan fingerprint density at radius 2 is 0.828 bits per heavy atom. The van der Waals surface area contributed by atoms with E-state index < -0.39 is 17.0 Å². The standard InChI is InChI=1S/C18H26Cl6N2.2ClH.Ti/c19-9-5-11(21)17(12(22)6-9)25-15-3-1-2-4-16(15)26-18-13(23)7-10(20)8-14(18)24;;;/h9-18H,1-8H2;2*1H;/q-2;;;+2/p-2. The molecule has 2 nitrogen and oxygen atoms in total. The Morgan fingerprint density at radius 3 is 1.10 bits per heavy atom. The minimum absolute atomic E-state index is 0.0399. The van der Waals surface area contributed by atoms with E-state index in [2.05, 4.69) is 0 Å². The molecular formula is C18H26Cl8N2Ti-2. The van der Waals surface area contributed by atoms with Gasteiger partial charge in [0.2, 0.25) is 0 Å². The summed E-state index contributed by atoms with van der Waals surface area (Å²) in [7, 11) is 9.78. The molecule has 0 aromatic rings. The van der Waals surface area contributed by atoms with Gasteiger partial charge < -0.3 is 10.6 Å². The maximum absolute atomic E-state index is 6.54. The van der Waals surface area contributed by atoms with Gasteiger partial charge >= 0.3 is 35.6 Å². The Morgan fingerprint density at radius 1 is 0.552 bits per heavy atom. The number of halogens is 8. The van der Waals surface area contributed by atoms with Crippen LogP contribution in [0.15, 0.2) is 0 Å². The maximum atomic E-state index is 6.54. The number of hydrogen-bond donors (Lipinski definition) is 0. The topological polar surface area (TPSA) is 28.2 Å². The Hall–Kier alpha value is 2.95. The molecule has 6 unspecified atom stereocenters. The summed E-state index contributed by atoms with van der Waals surface area (Å²) in [5.74, 6) is 0. The van der Waals surface area contributed by atoms with Gasteiger partial charge in [-0.2, -0.15) is 12.1 Å². The number of rotatable bonds is 4. The van der Waals surface area contributed by atoms with Gasteiger partial charge in [-0.15, -0.1) is 81.7 Å². The van der Waals surface area contributed by atoms with Crippen LogP contribution in [0.1, 0.15) is 51.4 Å². The van der Waals surface area contributed by atoms with Crippen molar-refractivity contribution in [2.75, 3.05) is 0 Å². The predicted molar refractivity (Wildman–Crippen MR) is 128 cm³/mol. The molecule has 0 amide bonds. The third kappa shape index (κ3) is 8.91. The van der Waals surface area contributed by atoms with Gasteiger partial charge in [0.05, 0.1) is 0 Å². The minimum atomic E-state index is -0.556. The molecule has 3 aliphatic rings. The number of alkyl halides is 6. The van der Waals surface area contributed by atoms with Crippen LogP contribution in [0, 0.1) is 0 Å². The van der Waals surface area contributed by atoms with E-state index in [9.17, 15) is 0 Å². The van der Waals surface area contributed by atoms with Gasteiger partial charge in [-0.3, -0.25) is 0 Å². The van der Waals surface area contributed by atoms with Crippen molar-refractivity contribution in [1.82, 2.24) is 0 Å². The van der Waals surface area contributed by atoms with Crippen LogP contribution in [0.4, 0.5) is 0 Å². The first kappa shape index (κ1) is 28.2. The Balaban J connectivity index is 0.000000941. The molecule has 3 fully saturated rings. The third-order valence-electron chi connectivity index (χ3n) is 5.83. The summed E-state index contributed by atoms with van der Waals surface area (Å²) in [6.45, 7) is 0. The Kier molecular flexibility index (Phi) is 14.0. The molecule has 6 atom stereocenters. The summed E-state index contributed by atoms with van der Waals surface area (Å²) in [4.78, 5) is 0. The molecule has 0 radical (unpaired) electrons. The average molecular weight is 602 g/mol. The van der Waals surface area contributed by atoms with Crippen molar-refractivity contribution in [1.29, 1.82) is 0 Å². The van der Waals surface area contributed by atoms with Gasteiger partial charge in [0.1, 0.15) is 0 Å². The molecule has 0 heterocycles. The summed E-state index contributed by atoms with van der Waals surface area (Å²) >= 11 is 38.1. The van der Waals surface area contributed by atoms with Crippen molar-refractivity contribution in [2.24, 2.45) is 0 Å². The summed E-state index contributed by atoms with van der Waals surface area (Å²) in [5, 5.41) is 9.80. The molecule has 0 N–H and O–H groups in total. The average Bonchev–Trinajstić information content (AvgIpc) is 2.62. The number of hydrogen-bond acceptors (Lipinski definition) is 0. The van der Waals surface area contributed by atoms with Crippen LogP contribution in [-0.4, -0.2) is 56.4 Å². The zero-order chi connectivity index (χ0) is 21.6. The van der Waals surface area contributed by atoms with E-state index in [1.165, 1.54) is 0 Å². The predicted octanol–water partition coefficient (Wildman–Crippen LogP) is 8.39. The van der Waals surface area contributed by atoms with E-state index >= 15 is 0 Å². The molecule has 29 heavy (non-hydrogen) atoms. The normalized spacial score (nSPS) is 45.8. The van der Waals surface area contributed by atoms with Crippen molar-refractivity contribution in [3.05, 3.63) is 10.6 Å². The fourth-order valence-electron chi connectivity index (χ4n) is 4.44. The molecule has 0 bridgehead atoms.